The van der Waals surface area contributed by atoms with Gasteiger partial charge in [-0.2, -0.15) is 0 Å². The van der Waals surface area contributed by atoms with Crippen LogP contribution >= 0.6 is 0 Å². The maximum atomic E-state index is 11.4. The van der Waals surface area contributed by atoms with Crippen LogP contribution in [0.25, 0.3) is 0 Å². The summed E-state index contributed by atoms with van der Waals surface area (Å²) in [5.74, 6) is -0.864. The summed E-state index contributed by atoms with van der Waals surface area (Å²) in [6.45, 7) is 1.39. The molecule has 0 aromatic rings. The van der Waals surface area contributed by atoms with Crippen molar-refractivity contribution in [3.63, 3.8) is 0 Å². The molecule has 2 amide bonds. The number of nitrogens with one attached hydrogen (secondary N) is 2. The number of hydrogen-bond acceptors (Lipinski definition) is 4. The van der Waals surface area contributed by atoms with Gasteiger partial charge in [0, 0.05) is 6.42 Å². The molecule has 15 heavy (non-hydrogen) atoms. The van der Waals surface area contributed by atoms with Gasteiger partial charge in [-0.15, -0.1) is 0 Å². The molecule has 0 saturated carbocycles. The van der Waals surface area contributed by atoms with Crippen molar-refractivity contribution in [2.75, 3.05) is 13.6 Å². The first kappa shape index (κ1) is 13.6. The van der Waals surface area contributed by atoms with Crippen molar-refractivity contribution in [2.24, 2.45) is 5.73 Å². The Labute approximate surface area is 88.6 Å². The SMILES string of the molecule is CN[C@@H](CCC(N)=O)C(=O)NCC(C)=O. The zero-order valence-electron chi connectivity index (χ0n) is 9.00. The molecule has 0 aromatic heterocycles. The van der Waals surface area contributed by atoms with E-state index in [1.165, 1.54) is 6.92 Å². The Balaban J connectivity index is 3.98. The van der Waals surface area contributed by atoms with Crippen molar-refractivity contribution in [3.05, 3.63) is 0 Å². The lowest BCUT2D eigenvalue weighted by atomic mass is 10.1. The predicted molar refractivity (Wildman–Crippen MR) is 55.0 cm³/mol. The van der Waals surface area contributed by atoms with Gasteiger partial charge in [-0.05, 0) is 20.4 Å². The lowest BCUT2D eigenvalue weighted by molar-refractivity contribution is -0.126. The quantitative estimate of drug-likeness (QED) is 0.483. The summed E-state index contributed by atoms with van der Waals surface area (Å²) in [4.78, 5) is 32.5. The number of carbonyl (C=O) groups excluding carboxylic acids is 3. The van der Waals surface area contributed by atoms with Gasteiger partial charge in [0.1, 0.15) is 5.78 Å². The summed E-state index contributed by atoms with van der Waals surface area (Å²) in [6.07, 6.45) is 0.467. The molecule has 0 radical (unpaired) electrons. The van der Waals surface area contributed by atoms with Crippen molar-refractivity contribution >= 4 is 17.6 Å². The van der Waals surface area contributed by atoms with Crippen molar-refractivity contribution in [1.82, 2.24) is 10.6 Å². The molecule has 6 nitrogen and oxygen atoms in total. The molecule has 6 heteroatoms. The normalized spacial score (nSPS) is 11.9. The van der Waals surface area contributed by atoms with E-state index in [9.17, 15) is 14.4 Å². The second-order valence-corrected chi connectivity index (χ2v) is 3.27. The highest BCUT2D eigenvalue weighted by Crippen LogP contribution is 1.96. The van der Waals surface area contributed by atoms with Gasteiger partial charge in [0.2, 0.25) is 11.8 Å². The third kappa shape index (κ3) is 6.62. The molecule has 0 heterocycles. The maximum absolute atomic E-state index is 11.4. The van der Waals surface area contributed by atoms with E-state index in [0.717, 1.165) is 0 Å². The van der Waals surface area contributed by atoms with E-state index in [4.69, 9.17) is 5.73 Å². The Hall–Kier alpha value is -1.43. The maximum Gasteiger partial charge on any atom is 0.237 e. The number of ketones is 1. The standard InChI is InChI=1S/C9H17N3O3/c1-6(13)5-12-9(15)7(11-2)3-4-8(10)14/h7,11H,3-5H2,1-2H3,(H2,10,14)(H,12,15)/t7-/m0/s1. The van der Waals surface area contributed by atoms with E-state index >= 15 is 0 Å². The van der Waals surface area contributed by atoms with Crippen LogP contribution in [0.3, 0.4) is 0 Å². The lowest BCUT2D eigenvalue weighted by Gasteiger charge is -2.14. The molecule has 0 unspecified atom stereocenters. The van der Waals surface area contributed by atoms with E-state index in [2.05, 4.69) is 10.6 Å². The van der Waals surface area contributed by atoms with E-state index in [1.54, 1.807) is 7.05 Å². The second-order valence-electron chi connectivity index (χ2n) is 3.27. The first-order chi connectivity index (χ1) is 6.97. The molecule has 0 spiro atoms. The lowest BCUT2D eigenvalue weighted by Crippen LogP contribution is -2.44. The number of likely N-dealkylation sites (N-methyl/N-ethyl adjacent to an activating group) is 1. The highest BCUT2D eigenvalue weighted by atomic mass is 16.2. The van der Waals surface area contributed by atoms with Gasteiger partial charge in [0.05, 0.1) is 12.6 Å². The van der Waals surface area contributed by atoms with Crippen LogP contribution in [0.5, 0.6) is 0 Å². The highest BCUT2D eigenvalue weighted by molar-refractivity contribution is 5.87. The molecule has 0 aromatic carbocycles. The van der Waals surface area contributed by atoms with Crippen molar-refractivity contribution in [3.8, 4) is 0 Å². The Morgan fingerprint density at radius 3 is 2.33 bits per heavy atom. The topological polar surface area (TPSA) is 101 Å². The molecular formula is C9H17N3O3. The Bertz CT molecular complexity index is 253. The summed E-state index contributed by atoms with van der Waals surface area (Å²) < 4.78 is 0. The van der Waals surface area contributed by atoms with Crippen LogP contribution in [0, 0.1) is 0 Å². The molecule has 4 N–H and O–H groups in total. The highest BCUT2D eigenvalue weighted by Gasteiger charge is 2.16. The minimum atomic E-state index is -0.489. The van der Waals surface area contributed by atoms with Gasteiger partial charge < -0.3 is 16.4 Å². The van der Waals surface area contributed by atoms with Crippen molar-refractivity contribution in [2.45, 2.75) is 25.8 Å². The van der Waals surface area contributed by atoms with E-state index in [1.807, 2.05) is 0 Å². The Morgan fingerprint density at radius 1 is 1.33 bits per heavy atom. The first-order valence-corrected chi connectivity index (χ1v) is 4.70. The molecule has 0 aliphatic rings. The van der Waals surface area contributed by atoms with Crippen LogP contribution in [0.4, 0.5) is 0 Å². The average molecular weight is 215 g/mol. The number of hydrogen-bond donors (Lipinski definition) is 3. The summed E-state index contributed by atoms with van der Waals surface area (Å²) in [5.41, 5.74) is 4.97. The molecule has 0 fully saturated rings. The van der Waals surface area contributed by atoms with E-state index in [-0.39, 0.29) is 24.7 Å². The fourth-order valence-electron chi connectivity index (χ4n) is 1.03. The number of amides is 2. The fourth-order valence-corrected chi connectivity index (χ4v) is 1.03. The molecule has 86 valence electrons. The monoisotopic (exact) mass is 215 g/mol. The molecule has 1 atom stereocenters. The van der Waals surface area contributed by atoms with Gasteiger partial charge >= 0.3 is 0 Å². The molecule has 0 aliphatic carbocycles. The summed E-state index contributed by atoms with van der Waals surface area (Å²) >= 11 is 0. The molecule has 0 aliphatic heterocycles. The first-order valence-electron chi connectivity index (χ1n) is 4.70. The van der Waals surface area contributed by atoms with Crippen LogP contribution in [-0.4, -0.2) is 37.2 Å². The summed E-state index contributed by atoms with van der Waals surface area (Å²) in [5, 5.41) is 5.20. The van der Waals surface area contributed by atoms with Crippen LogP contribution in [0.2, 0.25) is 0 Å². The van der Waals surface area contributed by atoms with Crippen LogP contribution < -0.4 is 16.4 Å². The largest absolute Gasteiger partial charge is 0.370 e. The molecule has 0 bridgehead atoms. The average Bonchev–Trinajstić information content (AvgIpc) is 2.15. The van der Waals surface area contributed by atoms with Gasteiger partial charge in [0.15, 0.2) is 0 Å². The molecular weight excluding hydrogens is 198 g/mol. The van der Waals surface area contributed by atoms with Crippen LogP contribution in [0.15, 0.2) is 0 Å². The minimum Gasteiger partial charge on any atom is -0.370 e. The van der Waals surface area contributed by atoms with Crippen LogP contribution in [0.1, 0.15) is 19.8 Å². The van der Waals surface area contributed by atoms with Gasteiger partial charge in [-0.3, -0.25) is 14.4 Å². The number of carbonyl (C=O) groups is 3. The predicted octanol–water partition coefficient (Wildman–Crippen LogP) is -1.45. The number of primary amides is 1. The van der Waals surface area contributed by atoms with Gasteiger partial charge in [0.25, 0.3) is 0 Å². The Morgan fingerprint density at radius 2 is 1.93 bits per heavy atom. The zero-order chi connectivity index (χ0) is 11.8. The third-order valence-corrected chi connectivity index (χ3v) is 1.86. The molecule has 0 saturated heterocycles. The van der Waals surface area contributed by atoms with Gasteiger partial charge in [-0.25, -0.2) is 0 Å². The Kier molecular flexibility index (Phi) is 6.28. The minimum absolute atomic E-state index is 0.00752. The summed E-state index contributed by atoms with van der Waals surface area (Å²) in [7, 11) is 1.61. The van der Waals surface area contributed by atoms with E-state index < -0.39 is 11.9 Å². The number of rotatable bonds is 7. The van der Waals surface area contributed by atoms with Gasteiger partial charge in [-0.1, -0.05) is 0 Å². The third-order valence-electron chi connectivity index (χ3n) is 1.86. The smallest absolute Gasteiger partial charge is 0.237 e. The summed E-state index contributed by atoms with van der Waals surface area (Å²) in [6, 6.07) is -0.489. The van der Waals surface area contributed by atoms with E-state index in [0.29, 0.717) is 6.42 Å². The van der Waals surface area contributed by atoms with Crippen molar-refractivity contribution < 1.29 is 14.4 Å². The van der Waals surface area contributed by atoms with Crippen LogP contribution in [-0.2, 0) is 14.4 Å². The second kappa shape index (κ2) is 6.94. The molecule has 0 rings (SSSR count). The number of Topliss-reactive ketones (excluding diaryl/α,β-unsaturated/α-hetero) is 1. The zero-order valence-corrected chi connectivity index (χ0v) is 9.00. The van der Waals surface area contributed by atoms with Crippen molar-refractivity contribution in [1.29, 1.82) is 0 Å². The fraction of sp³-hybridized carbons (Fsp3) is 0.667. The number of nitrogens with two attached hydrogens (primary N) is 1.